The summed E-state index contributed by atoms with van der Waals surface area (Å²) in [5, 5.41) is 0. The molecule has 1 amide bonds. The van der Waals surface area contributed by atoms with E-state index >= 15 is 0 Å². The minimum Gasteiger partial charge on any atom is -0.407 e. The molecule has 136 valence electrons. The zero-order valence-corrected chi connectivity index (χ0v) is 15.3. The average Bonchev–Trinajstić information content (AvgIpc) is 2.81. The van der Waals surface area contributed by atoms with Gasteiger partial charge in [0.2, 0.25) is 11.8 Å². The average molecular weight is 356 g/mol. The maximum absolute atomic E-state index is 13.2. The van der Waals surface area contributed by atoms with Crippen molar-refractivity contribution in [3.05, 3.63) is 53.0 Å². The van der Waals surface area contributed by atoms with Crippen LogP contribution in [0, 0.1) is 5.82 Å². The number of hydrogen-bond acceptors (Lipinski definition) is 4. The fourth-order valence-electron chi connectivity index (χ4n) is 3.24. The topological polar surface area (TPSA) is 59.5 Å². The Morgan fingerprint density at radius 3 is 2.46 bits per heavy atom. The number of esters is 1. The van der Waals surface area contributed by atoms with E-state index in [4.69, 9.17) is 4.74 Å². The molecule has 0 aliphatic carbocycles. The highest BCUT2D eigenvalue weighted by Gasteiger charge is 2.39. The van der Waals surface area contributed by atoms with Gasteiger partial charge in [0, 0.05) is 37.8 Å². The van der Waals surface area contributed by atoms with Gasteiger partial charge in [-0.2, -0.15) is 0 Å². The van der Waals surface area contributed by atoms with Crippen LogP contribution in [0.2, 0.25) is 0 Å². The van der Waals surface area contributed by atoms with E-state index < -0.39 is 5.97 Å². The molecule has 26 heavy (non-hydrogen) atoms. The zero-order valence-electron chi connectivity index (χ0n) is 15.3. The summed E-state index contributed by atoms with van der Waals surface area (Å²) in [6, 6.07) is 7.96. The van der Waals surface area contributed by atoms with Crippen LogP contribution in [0.15, 0.2) is 30.3 Å². The number of hydrogen-bond donors (Lipinski definition) is 0. The van der Waals surface area contributed by atoms with Gasteiger partial charge in [0.15, 0.2) is 0 Å². The molecule has 1 aromatic heterocycles. The normalized spacial score (nSPS) is 14.9. The van der Waals surface area contributed by atoms with E-state index in [9.17, 15) is 14.0 Å². The third-order valence-electron chi connectivity index (χ3n) is 4.46. The number of carbonyl (C=O) groups is 2. The molecule has 0 radical (unpaired) electrons. The number of amides is 1. The number of aromatic nitrogens is 1. The first-order chi connectivity index (χ1) is 12.2. The summed E-state index contributed by atoms with van der Waals surface area (Å²) >= 11 is 0. The minimum atomic E-state index is -0.461. The summed E-state index contributed by atoms with van der Waals surface area (Å²) in [6.45, 7) is 7.36. The smallest absolute Gasteiger partial charge is 0.309 e. The second-order valence-corrected chi connectivity index (χ2v) is 7.21. The Morgan fingerprint density at radius 2 is 1.88 bits per heavy atom. The monoisotopic (exact) mass is 356 g/mol. The van der Waals surface area contributed by atoms with Crippen molar-refractivity contribution in [2.24, 2.45) is 0 Å². The van der Waals surface area contributed by atoms with Gasteiger partial charge in [-0.05, 0) is 23.8 Å². The Bertz CT molecular complexity index is 875. The van der Waals surface area contributed by atoms with Crippen LogP contribution in [0.25, 0.3) is 0 Å². The molecular formula is C20H21FN2O3. The Morgan fingerprint density at radius 1 is 1.23 bits per heavy atom. The molecule has 2 aromatic rings. The van der Waals surface area contributed by atoms with E-state index in [-0.39, 0.29) is 23.0 Å². The molecule has 0 N–H and O–H groups in total. The lowest BCUT2D eigenvalue weighted by atomic mass is 9.91. The molecule has 5 nitrogen and oxygen atoms in total. The number of ether oxygens (including phenoxy) is 1. The van der Waals surface area contributed by atoms with Gasteiger partial charge >= 0.3 is 5.97 Å². The Kier molecular flexibility index (Phi) is 4.52. The zero-order chi connectivity index (χ0) is 19.1. The highest BCUT2D eigenvalue weighted by atomic mass is 19.1. The van der Waals surface area contributed by atoms with E-state index in [0.29, 0.717) is 18.5 Å². The molecule has 0 fully saturated rings. The van der Waals surface area contributed by atoms with Crippen molar-refractivity contribution in [3.63, 3.8) is 0 Å². The van der Waals surface area contributed by atoms with Gasteiger partial charge in [0.1, 0.15) is 5.82 Å². The van der Waals surface area contributed by atoms with Gasteiger partial charge in [0.05, 0.1) is 11.4 Å². The van der Waals surface area contributed by atoms with E-state index in [2.05, 4.69) is 4.98 Å². The first-order valence-electron chi connectivity index (χ1n) is 8.43. The van der Waals surface area contributed by atoms with Crippen LogP contribution in [0.1, 0.15) is 44.5 Å². The molecule has 1 aromatic carbocycles. The molecule has 3 rings (SSSR count). The molecule has 2 heterocycles. The third kappa shape index (κ3) is 3.45. The molecule has 0 saturated carbocycles. The molecule has 0 atom stereocenters. The molecule has 0 spiro atoms. The predicted molar refractivity (Wildman–Crippen MR) is 95.8 cm³/mol. The summed E-state index contributed by atoms with van der Waals surface area (Å²) in [5.74, 6) is -0.603. The molecule has 6 heteroatoms. The van der Waals surface area contributed by atoms with Crippen LogP contribution < -0.4 is 9.64 Å². The number of carbonyl (C=O) groups excluding carboxylic acids is 2. The minimum absolute atomic E-state index is 0.0633. The maximum atomic E-state index is 13.2. The number of pyridine rings is 1. The van der Waals surface area contributed by atoms with Gasteiger partial charge in [-0.25, -0.2) is 9.37 Å². The van der Waals surface area contributed by atoms with Crippen LogP contribution in [0.3, 0.4) is 0 Å². The highest BCUT2D eigenvalue weighted by Crippen LogP contribution is 2.42. The van der Waals surface area contributed by atoms with Gasteiger partial charge in [-0.15, -0.1) is 0 Å². The quantitative estimate of drug-likeness (QED) is 0.791. The van der Waals surface area contributed by atoms with Crippen molar-refractivity contribution in [3.8, 4) is 5.88 Å². The van der Waals surface area contributed by atoms with Crippen molar-refractivity contribution >= 4 is 17.6 Å². The summed E-state index contributed by atoms with van der Waals surface area (Å²) in [5.41, 5.74) is 2.65. The highest BCUT2D eigenvalue weighted by molar-refractivity contribution is 5.94. The number of halogens is 1. The molecular weight excluding hydrogens is 335 g/mol. The molecule has 0 bridgehead atoms. The summed E-state index contributed by atoms with van der Waals surface area (Å²) in [4.78, 5) is 29.8. The van der Waals surface area contributed by atoms with Crippen molar-refractivity contribution < 1.29 is 18.7 Å². The fraction of sp³-hybridized carbons (Fsp3) is 0.350. The summed E-state index contributed by atoms with van der Waals surface area (Å²) in [7, 11) is 0. The van der Waals surface area contributed by atoms with Crippen molar-refractivity contribution in [1.29, 1.82) is 0 Å². The SMILES string of the molecule is CC(=O)Oc1nc2c(cc1Cc1ccc(F)cc1)N(C(C)=O)CC2(C)C. The lowest BCUT2D eigenvalue weighted by Gasteiger charge is -2.18. The second-order valence-electron chi connectivity index (χ2n) is 7.21. The lowest BCUT2D eigenvalue weighted by molar-refractivity contribution is -0.132. The number of anilines is 1. The second kappa shape index (κ2) is 6.52. The Labute approximate surface area is 151 Å². The standard InChI is InChI=1S/C20H21FN2O3/c1-12(24)23-11-20(3,4)18-17(23)10-15(19(22-18)26-13(2)25)9-14-5-7-16(21)8-6-14/h5-8,10H,9,11H2,1-4H3. The molecule has 0 unspecified atom stereocenters. The molecule has 1 aliphatic heterocycles. The lowest BCUT2D eigenvalue weighted by Crippen LogP contribution is -2.32. The predicted octanol–water partition coefficient (Wildman–Crippen LogP) is 3.38. The van der Waals surface area contributed by atoms with E-state index in [1.165, 1.54) is 26.0 Å². The summed E-state index contributed by atoms with van der Waals surface area (Å²) in [6.07, 6.45) is 0.412. The van der Waals surface area contributed by atoms with Gasteiger partial charge in [0.25, 0.3) is 0 Å². The largest absolute Gasteiger partial charge is 0.407 e. The van der Waals surface area contributed by atoms with Crippen LogP contribution in [-0.4, -0.2) is 23.4 Å². The number of benzene rings is 1. The van der Waals surface area contributed by atoms with Crippen molar-refractivity contribution in [2.45, 2.75) is 39.5 Å². The first-order valence-corrected chi connectivity index (χ1v) is 8.43. The van der Waals surface area contributed by atoms with Crippen molar-refractivity contribution in [2.75, 3.05) is 11.4 Å². The van der Waals surface area contributed by atoms with Crippen LogP contribution in [0.4, 0.5) is 10.1 Å². The van der Waals surface area contributed by atoms with Crippen molar-refractivity contribution in [1.82, 2.24) is 4.98 Å². The van der Waals surface area contributed by atoms with Gasteiger partial charge < -0.3 is 9.64 Å². The number of rotatable bonds is 3. The van der Waals surface area contributed by atoms with Crippen LogP contribution >= 0.6 is 0 Å². The Hall–Kier alpha value is -2.76. The third-order valence-corrected chi connectivity index (χ3v) is 4.46. The van der Waals surface area contributed by atoms with E-state index in [1.54, 1.807) is 17.0 Å². The fourth-order valence-corrected chi connectivity index (χ4v) is 3.24. The van der Waals surface area contributed by atoms with E-state index in [0.717, 1.165) is 16.9 Å². The first kappa shape index (κ1) is 18.0. The summed E-state index contributed by atoms with van der Waals surface area (Å²) < 4.78 is 18.5. The van der Waals surface area contributed by atoms with Crippen LogP contribution in [-0.2, 0) is 21.4 Å². The number of fused-ring (bicyclic) bond motifs is 1. The Balaban J connectivity index is 2.10. The number of nitrogens with zero attached hydrogens (tertiary/aromatic N) is 2. The molecule has 1 aliphatic rings. The molecule has 0 saturated heterocycles. The van der Waals surface area contributed by atoms with Gasteiger partial charge in [-0.3, -0.25) is 9.59 Å². The van der Waals surface area contributed by atoms with Crippen LogP contribution in [0.5, 0.6) is 5.88 Å². The maximum Gasteiger partial charge on any atom is 0.309 e. The van der Waals surface area contributed by atoms with E-state index in [1.807, 2.05) is 19.9 Å². The van der Waals surface area contributed by atoms with Gasteiger partial charge in [-0.1, -0.05) is 26.0 Å².